The quantitative estimate of drug-likeness (QED) is 0.202. The highest BCUT2D eigenvalue weighted by Crippen LogP contribution is 2.43. The van der Waals surface area contributed by atoms with Gasteiger partial charge in [-0.1, -0.05) is 116 Å². The number of aromatic nitrogens is 1. The predicted octanol–water partition coefficient (Wildman–Crippen LogP) is 10.7. The number of fused-ring (bicyclic) bond motifs is 5. The topological polar surface area (TPSA) is 4.93 Å². The van der Waals surface area contributed by atoms with Crippen LogP contribution in [0.2, 0.25) is 0 Å². The molecule has 192 valence electrons. The number of allylic oxidation sites excluding steroid dienone is 6. The first-order valence-corrected chi connectivity index (χ1v) is 14.1. The van der Waals surface area contributed by atoms with E-state index in [-0.39, 0.29) is 0 Å². The van der Waals surface area contributed by atoms with E-state index in [1.54, 1.807) is 0 Å². The van der Waals surface area contributed by atoms with E-state index in [4.69, 9.17) is 0 Å². The Morgan fingerprint density at radius 1 is 0.750 bits per heavy atom. The molecule has 6 aromatic rings. The molecule has 5 aromatic carbocycles. The monoisotopic (exact) mass is 513 g/mol. The van der Waals surface area contributed by atoms with Crippen LogP contribution in [0.5, 0.6) is 0 Å². The van der Waals surface area contributed by atoms with Crippen LogP contribution in [-0.2, 0) is 6.42 Å². The molecule has 1 aliphatic rings. The molecule has 0 amide bonds. The number of benzene rings is 5. The van der Waals surface area contributed by atoms with Crippen molar-refractivity contribution in [1.82, 2.24) is 4.57 Å². The summed E-state index contributed by atoms with van der Waals surface area (Å²) in [4.78, 5) is 0. The Morgan fingerprint density at radius 3 is 2.02 bits per heavy atom. The van der Waals surface area contributed by atoms with Crippen molar-refractivity contribution in [3.05, 3.63) is 151 Å². The van der Waals surface area contributed by atoms with Crippen molar-refractivity contribution in [1.29, 1.82) is 0 Å². The van der Waals surface area contributed by atoms with Crippen LogP contribution in [0.15, 0.2) is 134 Å². The first-order chi connectivity index (χ1) is 19.8. The maximum absolute atomic E-state index is 4.00. The van der Waals surface area contributed by atoms with Crippen LogP contribution >= 0.6 is 0 Å². The number of rotatable bonds is 5. The SMILES string of the molecule is C=C/C=C(\C=C/C)c1c2c(c(-c3ccc(-n4c5ccccc5c5ccccc54)cc3)c3ccccc13)CCC=C2. The van der Waals surface area contributed by atoms with Crippen LogP contribution in [0.3, 0.4) is 0 Å². The Balaban J connectivity index is 1.46. The van der Waals surface area contributed by atoms with Gasteiger partial charge in [0.15, 0.2) is 0 Å². The third-order valence-electron chi connectivity index (χ3n) is 8.13. The fourth-order valence-electron chi connectivity index (χ4n) is 6.53. The average Bonchev–Trinajstić information content (AvgIpc) is 3.34. The van der Waals surface area contributed by atoms with E-state index in [2.05, 4.69) is 146 Å². The van der Waals surface area contributed by atoms with Crippen molar-refractivity contribution in [3.63, 3.8) is 0 Å². The van der Waals surface area contributed by atoms with Crippen molar-refractivity contribution in [2.75, 3.05) is 0 Å². The molecular weight excluding hydrogens is 482 g/mol. The zero-order valence-corrected chi connectivity index (χ0v) is 22.8. The lowest BCUT2D eigenvalue weighted by molar-refractivity contribution is 0.989. The Labute approximate surface area is 235 Å². The Kier molecular flexibility index (Phi) is 6.06. The van der Waals surface area contributed by atoms with Gasteiger partial charge in [0.05, 0.1) is 11.0 Å². The van der Waals surface area contributed by atoms with Crippen molar-refractivity contribution in [2.45, 2.75) is 19.8 Å². The minimum absolute atomic E-state index is 1.03. The van der Waals surface area contributed by atoms with Crippen LogP contribution in [0.4, 0.5) is 0 Å². The second-order valence-corrected chi connectivity index (χ2v) is 10.4. The molecule has 0 atom stereocenters. The zero-order chi connectivity index (χ0) is 27.1. The average molecular weight is 514 g/mol. The molecule has 1 nitrogen and oxygen atoms in total. The van der Waals surface area contributed by atoms with E-state index in [1.807, 2.05) is 6.08 Å². The van der Waals surface area contributed by atoms with Crippen LogP contribution < -0.4 is 0 Å². The number of para-hydroxylation sites is 2. The molecule has 0 aliphatic heterocycles. The third-order valence-corrected chi connectivity index (χ3v) is 8.13. The highest BCUT2D eigenvalue weighted by atomic mass is 15.0. The lowest BCUT2D eigenvalue weighted by Crippen LogP contribution is -2.04. The normalized spacial score (nSPS) is 13.5. The van der Waals surface area contributed by atoms with E-state index < -0.39 is 0 Å². The standard InChI is InChI=1S/C39H31N/c1-3-13-27(14-4-2)38-32-17-5-7-19-34(32)39(35-20-8-6-18-33(35)38)28-23-25-29(26-24-28)40-36-21-11-9-15-30(36)31-16-10-12-22-37(31)40/h3-7,9-19,21-26H,1,8,20H2,2H3/b14-4-,27-13+. The van der Waals surface area contributed by atoms with E-state index in [1.165, 1.54) is 71.7 Å². The molecule has 7 rings (SSSR count). The van der Waals surface area contributed by atoms with Crippen molar-refractivity contribution in [3.8, 4) is 16.8 Å². The van der Waals surface area contributed by atoms with Gasteiger partial charge in [0.2, 0.25) is 0 Å². The maximum atomic E-state index is 4.00. The van der Waals surface area contributed by atoms with E-state index in [0.717, 1.165) is 12.8 Å². The zero-order valence-electron chi connectivity index (χ0n) is 22.8. The van der Waals surface area contributed by atoms with Gasteiger partial charge in [-0.15, -0.1) is 0 Å². The summed E-state index contributed by atoms with van der Waals surface area (Å²) >= 11 is 0. The first kappa shape index (κ1) is 24.2. The van der Waals surface area contributed by atoms with Gasteiger partial charge >= 0.3 is 0 Å². The highest BCUT2D eigenvalue weighted by molar-refractivity contribution is 6.10. The van der Waals surface area contributed by atoms with Crippen molar-refractivity contribution >= 4 is 44.2 Å². The fourth-order valence-corrected chi connectivity index (χ4v) is 6.53. The Hall–Kier alpha value is -4.88. The van der Waals surface area contributed by atoms with Crippen molar-refractivity contribution in [2.24, 2.45) is 0 Å². The van der Waals surface area contributed by atoms with E-state index >= 15 is 0 Å². The summed E-state index contributed by atoms with van der Waals surface area (Å²) in [6.07, 6.45) is 15.1. The molecule has 0 spiro atoms. The molecule has 0 saturated heterocycles. The summed E-state index contributed by atoms with van der Waals surface area (Å²) in [6.45, 7) is 6.08. The van der Waals surface area contributed by atoms with E-state index in [0.29, 0.717) is 0 Å². The summed E-state index contributed by atoms with van der Waals surface area (Å²) in [5, 5.41) is 5.15. The summed E-state index contributed by atoms with van der Waals surface area (Å²) in [6, 6.07) is 35.4. The van der Waals surface area contributed by atoms with Crippen LogP contribution in [0, 0.1) is 0 Å². The molecule has 0 radical (unpaired) electrons. The Morgan fingerprint density at radius 2 is 1.38 bits per heavy atom. The smallest absolute Gasteiger partial charge is 0.0541 e. The molecule has 1 aromatic heterocycles. The second kappa shape index (κ2) is 10.0. The van der Waals surface area contributed by atoms with Gasteiger partial charge < -0.3 is 4.57 Å². The molecule has 0 saturated carbocycles. The van der Waals surface area contributed by atoms with Crippen LogP contribution in [0.1, 0.15) is 30.0 Å². The molecule has 0 fully saturated rings. The van der Waals surface area contributed by atoms with Crippen LogP contribution in [0.25, 0.3) is 61.0 Å². The van der Waals surface area contributed by atoms with Gasteiger partial charge in [-0.25, -0.2) is 0 Å². The van der Waals surface area contributed by atoms with Crippen LogP contribution in [-0.4, -0.2) is 4.57 Å². The summed E-state index contributed by atoms with van der Waals surface area (Å²) in [7, 11) is 0. The predicted molar refractivity (Wildman–Crippen MR) is 174 cm³/mol. The number of hydrogen-bond donors (Lipinski definition) is 0. The molecule has 0 N–H and O–H groups in total. The number of nitrogens with zero attached hydrogens (tertiary/aromatic N) is 1. The number of hydrogen-bond acceptors (Lipinski definition) is 0. The first-order valence-electron chi connectivity index (χ1n) is 14.1. The second-order valence-electron chi connectivity index (χ2n) is 10.4. The minimum Gasteiger partial charge on any atom is -0.309 e. The lowest BCUT2D eigenvalue weighted by Gasteiger charge is -2.24. The van der Waals surface area contributed by atoms with E-state index in [9.17, 15) is 0 Å². The highest BCUT2D eigenvalue weighted by Gasteiger charge is 2.22. The minimum atomic E-state index is 1.03. The molecule has 0 unspecified atom stereocenters. The fraction of sp³-hybridized carbons (Fsp3) is 0.0769. The lowest BCUT2D eigenvalue weighted by atomic mass is 9.80. The van der Waals surface area contributed by atoms with Gasteiger partial charge in [0.25, 0.3) is 0 Å². The Bertz CT molecular complexity index is 1960. The summed E-state index contributed by atoms with van der Waals surface area (Å²) < 4.78 is 2.39. The van der Waals surface area contributed by atoms with Crippen molar-refractivity contribution < 1.29 is 0 Å². The van der Waals surface area contributed by atoms with Gasteiger partial charge in [0.1, 0.15) is 0 Å². The molecule has 1 heteroatoms. The maximum Gasteiger partial charge on any atom is 0.0541 e. The van der Waals surface area contributed by atoms with Gasteiger partial charge in [-0.2, -0.15) is 0 Å². The summed E-state index contributed by atoms with van der Waals surface area (Å²) in [5.41, 5.74) is 11.5. The van der Waals surface area contributed by atoms with Gasteiger partial charge in [-0.05, 0) is 88.2 Å². The summed E-state index contributed by atoms with van der Waals surface area (Å²) in [5.74, 6) is 0. The van der Waals surface area contributed by atoms with Gasteiger partial charge in [0, 0.05) is 16.5 Å². The molecule has 1 heterocycles. The third kappa shape index (κ3) is 3.78. The molecule has 40 heavy (non-hydrogen) atoms. The molecular formula is C39H31N. The molecule has 0 bridgehead atoms. The van der Waals surface area contributed by atoms with Gasteiger partial charge in [-0.3, -0.25) is 0 Å². The molecule has 1 aliphatic carbocycles. The largest absolute Gasteiger partial charge is 0.309 e.